The van der Waals surface area contributed by atoms with Crippen molar-refractivity contribution >= 4 is 12.1 Å². The predicted molar refractivity (Wildman–Crippen MR) is 52.1 cm³/mol. The first-order valence-electron chi connectivity index (χ1n) is 3.79. The maximum absolute atomic E-state index is 11.0. The normalized spacial score (nSPS) is 12.5. The molecule has 0 aliphatic rings. The van der Waals surface area contributed by atoms with Crippen LogP contribution in [0.4, 0.5) is 0 Å². The van der Waals surface area contributed by atoms with Crippen molar-refractivity contribution in [2.24, 2.45) is 10.7 Å². The topological polar surface area (TPSA) is 67.5 Å². The van der Waals surface area contributed by atoms with Crippen LogP contribution in [0.25, 0.3) is 0 Å². The summed E-state index contributed by atoms with van der Waals surface area (Å²) in [6, 6.07) is 0.171. The molecule has 4 heteroatoms. The number of nitrogens with two attached hydrogens (primary N) is 1. The number of nitrogens with zero attached hydrogens (tertiary/aromatic N) is 1. The summed E-state index contributed by atoms with van der Waals surface area (Å²) in [7, 11) is 1.55. The van der Waals surface area contributed by atoms with Gasteiger partial charge in [0.2, 0.25) is 0 Å². The SMILES string of the molecule is CNC(=O)/C(C=NC(C)C)=C/N.[HH]. The van der Waals surface area contributed by atoms with E-state index in [2.05, 4.69) is 10.3 Å². The third-order valence-corrected chi connectivity index (χ3v) is 1.18. The molecule has 0 aliphatic carbocycles. The van der Waals surface area contributed by atoms with Crippen molar-refractivity contribution in [1.29, 1.82) is 0 Å². The molecule has 3 N–H and O–H groups in total. The number of nitrogens with one attached hydrogen (secondary N) is 1. The van der Waals surface area contributed by atoms with Crippen LogP contribution in [-0.2, 0) is 4.79 Å². The Balaban J connectivity index is 0. The molecule has 0 bridgehead atoms. The lowest BCUT2D eigenvalue weighted by atomic mass is 10.3. The van der Waals surface area contributed by atoms with Crippen molar-refractivity contribution in [3.63, 3.8) is 0 Å². The number of amides is 1. The molecule has 0 saturated carbocycles. The molecule has 0 aliphatic heterocycles. The van der Waals surface area contributed by atoms with Crippen LogP contribution >= 0.6 is 0 Å². The van der Waals surface area contributed by atoms with Crippen molar-refractivity contribution in [2.75, 3.05) is 7.05 Å². The van der Waals surface area contributed by atoms with Crippen LogP contribution in [0.5, 0.6) is 0 Å². The van der Waals surface area contributed by atoms with E-state index in [-0.39, 0.29) is 13.4 Å². The van der Waals surface area contributed by atoms with E-state index in [1.165, 1.54) is 12.4 Å². The average molecular weight is 171 g/mol. The molecule has 70 valence electrons. The molecule has 0 unspecified atom stereocenters. The second kappa shape index (κ2) is 5.35. The van der Waals surface area contributed by atoms with E-state index in [0.29, 0.717) is 5.57 Å². The van der Waals surface area contributed by atoms with Crippen LogP contribution in [0.3, 0.4) is 0 Å². The molecule has 0 rings (SSSR count). The van der Waals surface area contributed by atoms with Gasteiger partial charge in [-0.2, -0.15) is 0 Å². The van der Waals surface area contributed by atoms with E-state index in [9.17, 15) is 4.79 Å². The summed E-state index contributed by atoms with van der Waals surface area (Å²) in [5.41, 5.74) is 5.60. The first-order valence-corrected chi connectivity index (χ1v) is 3.79. The standard InChI is InChI=1S/C8H15N3O.H2/c1-6(2)11-5-7(4-9)8(12)10-3;/h4-6H,9H2,1-3H3,(H,10,12);1H/b7-4+,11-5?;. The minimum absolute atomic E-state index is 0. The number of aliphatic imine (C=N–C) groups is 1. The van der Waals surface area contributed by atoms with Gasteiger partial charge in [-0.3, -0.25) is 9.79 Å². The van der Waals surface area contributed by atoms with Crippen LogP contribution in [0.1, 0.15) is 15.3 Å². The fourth-order valence-electron chi connectivity index (χ4n) is 0.551. The fraction of sp³-hybridized carbons (Fsp3) is 0.500. The molecule has 0 heterocycles. The lowest BCUT2D eigenvalue weighted by molar-refractivity contribution is -0.116. The zero-order valence-corrected chi connectivity index (χ0v) is 7.66. The number of likely N-dealkylation sites (N-methyl/N-ethyl adjacent to an activating group) is 1. The van der Waals surface area contributed by atoms with Crippen LogP contribution < -0.4 is 11.1 Å². The number of carbonyl (C=O) groups excluding carboxylic acids is 1. The highest BCUT2D eigenvalue weighted by Crippen LogP contribution is 1.90. The molecule has 0 saturated heterocycles. The van der Waals surface area contributed by atoms with Gasteiger partial charge >= 0.3 is 0 Å². The third kappa shape index (κ3) is 3.75. The van der Waals surface area contributed by atoms with Crippen LogP contribution in [0.15, 0.2) is 16.8 Å². The Kier molecular flexibility index (Phi) is 4.76. The molecular weight excluding hydrogens is 154 g/mol. The summed E-state index contributed by atoms with van der Waals surface area (Å²) in [6.45, 7) is 3.85. The quantitative estimate of drug-likeness (QED) is 0.473. The fourth-order valence-corrected chi connectivity index (χ4v) is 0.551. The molecule has 0 spiro atoms. The highest BCUT2D eigenvalue weighted by atomic mass is 16.1. The zero-order chi connectivity index (χ0) is 9.56. The summed E-state index contributed by atoms with van der Waals surface area (Å²) in [4.78, 5) is 15.0. The zero-order valence-electron chi connectivity index (χ0n) is 7.66. The Morgan fingerprint density at radius 2 is 2.25 bits per heavy atom. The Hall–Kier alpha value is -1.32. The molecule has 1 amide bonds. The Labute approximate surface area is 74.0 Å². The van der Waals surface area contributed by atoms with E-state index in [1.54, 1.807) is 7.05 Å². The Morgan fingerprint density at radius 3 is 2.58 bits per heavy atom. The number of rotatable bonds is 3. The van der Waals surface area contributed by atoms with Crippen molar-refractivity contribution in [2.45, 2.75) is 19.9 Å². The van der Waals surface area contributed by atoms with Crippen molar-refractivity contribution in [3.8, 4) is 0 Å². The molecule has 4 nitrogen and oxygen atoms in total. The summed E-state index contributed by atoms with van der Waals surface area (Å²) in [5, 5.41) is 2.46. The van der Waals surface area contributed by atoms with Crippen LogP contribution in [0, 0.1) is 0 Å². The first-order chi connectivity index (χ1) is 5.61. The van der Waals surface area contributed by atoms with Crippen molar-refractivity contribution in [1.82, 2.24) is 5.32 Å². The monoisotopic (exact) mass is 171 g/mol. The van der Waals surface area contributed by atoms with Gasteiger partial charge in [-0.05, 0) is 13.8 Å². The van der Waals surface area contributed by atoms with Gasteiger partial charge in [0.1, 0.15) is 0 Å². The minimum Gasteiger partial charge on any atom is -0.404 e. The Bertz CT molecular complexity index is 211. The largest absolute Gasteiger partial charge is 0.404 e. The second-order valence-electron chi connectivity index (χ2n) is 2.57. The van der Waals surface area contributed by atoms with Gasteiger partial charge in [-0.15, -0.1) is 0 Å². The van der Waals surface area contributed by atoms with Crippen molar-refractivity contribution in [3.05, 3.63) is 11.8 Å². The second-order valence-corrected chi connectivity index (χ2v) is 2.57. The number of carbonyl (C=O) groups is 1. The van der Waals surface area contributed by atoms with Gasteiger partial charge in [-0.1, -0.05) is 0 Å². The molecule has 0 radical (unpaired) electrons. The Morgan fingerprint density at radius 1 is 1.67 bits per heavy atom. The third-order valence-electron chi connectivity index (χ3n) is 1.18. The summed E-state index contributed by atoms with van der Waals surface area (Å²) < 4.78 is 0. The lowest BCUT2D eigenvalue weighted by Crippen LogP contribution is -2.21. The van der Waals surface area contributed by atoms with E-state index in [1.807, 2.05) is 13.8 Å². The van der Waals surface area contributed by atoms with E-state index in [0.717, 1.165) is 0 Å². The molecule has 0 aromatic heterocycles. The lowest BCUT2D eigenvalue weighted by Gasteiger charge is -1.99. The van der Waals surface area contributed by atoms with E-state index < -0.39 is 0 Å². The number of hydrogen-bond acceptors (Lipinski definition) is 3. The van der Waals surface area contributed by atoms with Gasteiger partial charge in [-0.25, -0.2) is 0 Å². The highest BCUT2D eigenvalue weighted by Gasteiger charge is 2.02. The van der Waals surface area contributed by atoms with Gasteiger partial charge in [0, 0.05) is 26.9 Å². The van der Waals surface area contributed by atoms with Crippen LogP contribution in [-0.4, -0.2) is 25.2 Å². The van der Waals surface area contributed by atoms with Gasteiger partial charge in [0.15, 0.2) is 0 Å². The first kappa shape index (κ1) is 10.7. The molecule has 0 aromatic rings. The van der Waals surface area contributed by atoms with Crippen LogP contribution in [0.2, 0.25) is 0 Å². The van der Waals surface area contributed by atoms with E-state index in [4.69, 9.17) is 5.73 Å². The molecule has 0 aromatic carbocycles. The van der Waals surface area contributed by atoms with E-state index >= 15 is 0 Å². The van der Waals surface area contributed by atoms with Crippen molar-refractivity contribution < 1.29 is 6.22 Å². The van der Waals surface area contributed by atoms with Gasteiger partial charge < -0.3 is 11.1 Å². The smallest absolute Gasteiger partial charge is 0.254 e. The molecule has 12 heavy (non-hydrogen) atoms. The maximum Gasteiger partial charge on any atom is 0.254 e. The molecule has 0 fully saturated rings. The maximum atomic E-state index is 11.0. The molecule has 0 atom stereocenters. The number of hydrogen-bond donors (Lipinski definition) is 2. The van der Waals surface area contributed by atoms with Gasteiger partial charge in [0.05, 0.1) is 5.57 Å². The summed E-state index contributed by atoms with van der Waals surface area (Å²) in [6.07, 6.45) is 2.72. The highest BCUT2D eigenvalue weighted by molar-refractivity contribution is 6.11. The van der Waals surface area contributed by atoms with Gasteiger partial charge in [0.25, 0.3) is 5.91 Å². The average Bonchev–Trinajstić information content (AvgIpc) is 2.04. The summed E-state index contributed by atoms with van der Waals surface area (Å²) in [5.74, 6) is -0.220. The molecular formula is C8H17N3O. The summed E-state index contributed by atoms with van der Waals surface area (Å²) >= 11 is 0. The predicted octanol–water partition coefficient (Wildman–Crippen LogP) is 0.300. The minimum atomic E-state index is -0.220.